The first-order chi connectivity index (χ1) is 14.7. The highest BCUT2D eigenvalue weighted by atomic mass is 28.5. The number of hydrogen-bond acceptors (Lipinski definition) is 7. The van der Waals surface area contributed by atoms with E-state index in [0.29, 0.717) is 30.9 Å². The van der Waals surface area contributed by atoms with E-state index in [1.807, 2.05) is 0 Å². The number of carbonyl (C=O) groups excluding carboxylic acids is 1. The van der Waals surface area contributed by atoms with Gasteiger partial charge in [0.1, 0.15) is 0 Å². The van der Waals surface area contributed by atoms with Gasteiger partial charge in [0, 0.05) is 12.2 Å². The van der Waals surface area contributed by atoms with Crippen molar-refractivity contribution in [2.24, 2.45) is 0 Å². The SMILES string of the molecule is C=C(C)C(=O)OCCC[Si](C)(O[Si](C)(C)O[Si](C)(C)C)O[Si](C)(C)O[Si](C)(C)COCCC. The number of ether oxygens (including phenoxy) is 2. The Morgan fingerprint density at radius 3 is 1.76 bits per heavy atom. The minimum absolute atomic E-state index is 0.311. The molecule has 7 nitrogen and oxygen atoms in total. The molecule has 0 fully saturated rings. The van der Waals surface area contributed by atoms with E-state index in [-0.39, 0.29) is 5.97 Å². The molecule has 0 spiro atoms. The fourth-order valence-electron chi connectivity index (χ4n) is 3.78. The summed E-state index contributed by atoms with van der Waals surface area (Å²) in [5.41, 5.74) is 0.402. The van der Waals surface area contributed by atoms with Gasteiger partial charge in [-0.2, -0.15) is 0 Å². The van der Waals surface area contributed by atoms with Gasteiger partial charge in [-0.1, -0.05) is 13.5 Å². The van der Waals surface area contributed by atoms with Crippen LogP contribution in [-0.2, 0) is 30.7 Å². The molecule has 0 aliphatic rings. The third kappa shape index (κ3) is 16.4. The zero-order chi connectivity index (χ0) is 26.1. The quantitative estimate of drug-likeness (QED) is 0.0938. The van der Waals surface area contributed by atoms with Gasteiger partial charge in [0.25, 0.3) is 0 Å². The normalized spacial score (nSPS) is 15.3. The molecule has 0 aromatic rings. The molecule has 0 saturated carbocycles. The molecule has 0 radical (unpaired) electrons. The van der Waals surface area contributed by atoms with E-state index in [0.717, 1.165) is 13.0 Å². The number of hydrogen-bond donors (Lipinski definition) is 0. The first-order valence-corrected chi connectivity index (χ1v) is 26.6. The van der Waals surface area contributed by atoms with Gasteiger partial charge in [0.15, 0.2) is 8.32 Å². The molecule has 0 heterocycles. The fraction of sp³-hybridized carbons (Fsp3) is 0.857. The third-order valence-corrected chi connectivity index (χ3v) is 22.3. The molecule has 0 aliphatic carbocycles. The van der Waals surface area contributed by atoms with Crippen LogP contribution in [0.1, 0.15) is 26.7 Å². The average Bonchev–Trinajstić information content (AvgIpc) is 2.53. The molecular formula is C21H50O7Si5. The highest BCUT2D eigenvalue weighted by Crippen LogP contribution is 2.29. The lowest BCUT2D eigenvalue weighted by atomic mass is 10.4. The van der Waals surface area contributed by atoms with Gasteiger partial charge in [-0.3, -0.25) is 0 Å². The summed E-state index contributed by atoms with van der Waals surface area (Å²) in [6.07, 6.45) is 2.30. The van der Waals surface area contributed by atoms with Crippen LogP contribution in [0.4, 0.5) is 0 Å². The van der Waals surface area contributed by atoms with E-state index in [1.165, 1.54) is 0 Å². The highest BCUT2D eigenvalue weighted by Gasteiger charge is 2.47. The molecule has 0 aliphatic heterocycles. The zero-order valence-electron chi connectivity index (χ0n) is 23.3. The van der Waals surface area contributed by atoms with E-state index < -0.39 is 42.3 Å². The van der Waals surface area contributed by atoms with Crippen LogP contribution in [-0.4, -0.2) is 67.7 Å². The Hall–Kier alpha value is 0.0944. The molecule has 0 amide bonds. The van der Waals surface area contributed by atoms with Gasteiger partial charge in [0.05, 0.1) is 12.8 Å². The second-order valence-corrected chi connectivity index (χ2v) is 31.0. The molecule has 1 unspecified atom stereocenters. The van der Waals surface area contributed by atoms with Crippen LogP contribution in [0.15, 0.2) is 12.2 Å². The standard InChI is InChI=1S/C21H50O7Si5/c1-14-16-23-19-30(7,8)26-32(11,12)28-33(13,18-15-17-24-21(22)20(2)3)27-31(9,10)25-29(4,5)6/h2,14-19H2,1,3-13H3. The Morgan fingerprint density at radius 2 is 1.30 bits per heavy atom. The van der Waals surface area contributed by atoms with Crippen LogP contribution < -0.4 is 0 Å². The summed E-state index contributed by atoms with van der Waals surface area (Å²) in [6, 6.07) is 0.691. The van der Waals surface area contributed by atoms with Crippen molar-refractivity contribution in [1.82, 2.24) is 0 Å². The number of rotatable bonds is 17. The summed E-state index contributed by atoms with van der Waals surface area (Å²) < 4.78 is 37.7. The van der Waals surface area contributed by atoms with Crippen molar-refractivity contribution >= 4 is 48.3 Å². The fourth-order valence-corrected chi connectivity index (χ4v) is 27.4. The molecule has 0 aromatic heterocycles. The summed E-state index contributed by atoms with van der Waals surface area (Å²) in [6.45, 7) is 29.8. The topological polar surface area (TPSA) is 72.5 Å². The van der Waals surface area contributed by atoms with E-state index in [2.05, 4.69) is 79.0 Å². The molecule has 0 bridgehead atoms. The van der Waals surface area contributed by atoms with Crippen LogP contribution in [0.25, 0.3) is 0 Å². The Morgan fingerprint density at radius 1 is 0.788 bits per heavy atom. The molecule has 0 aromatic carbocycles. The molecule has 196 valence electrons. The van der Waals surface area contributed by atoms with E-state index in [4.69, 9.17) is 25.9 Å². The number of esters is 1. The molecular weight excluding hydrogens is 505 g/mol. The van der Waals surface area contributed by atoms with Gasteiger partial charge in [-0.05, 0) is 91.3 Å². The summed E-state index contributed by atoms with van der Waals surface area (Å²) in [4.78, 5) is 11.7. The van der Waals surface area contributed by atoms with Crippen molar-refractivity contribution < 1.29 is 30.7 Å². The Bertz CT molecular complexity index is 635. The maximum absolute atomic E-state index is 11.7. The van der Waals surface area contributed by atoms with Crippen molar-refractivity contribution in [3.63, 3.8) is 0 Å². The summed E-state index contributed by atoms with van der Waals surface area (Å²) in [5.74, 6) is -0.366. The molecule has 1 atom stereocenters. The Labute approximate surface area is 208 Å². The van der Waals surface area contributed by atoms with Crippen LogP contribution in [0.2, 0.25) is 71.5 Å². The van der Waals surface area contributed by atoms with Crippen molar-refractivity contribution in [1.29, 1.82) is 0 Å². The van der Waals surface area contributed by atoms with Crippen LogP contribution in [0.5, 0.6) is 0 Å². The van der Waals surface area contributed by atoms with Crippen molar-refractivity contribution in [2.75, 3.05) is 19.4 Å². The predicted octanol–water partition coefficient (Wildman–Crippen LogP) is 6.04. The largest absolute Gasteiger partial charge is 0.462 e. The zero-order valence-corrected chi connectivity index (χ0v) is 28.3. The highest BCUT2D eigenvalue weighted by molar-refractivity contribution is 6.90. The van der Waals surface area contributed by atoms with Gasteiger partial charge in [-0.25, -0.2) is 4.79 Å². The van der Waals surface area contributed by atoms with E-state index in [1.54, 1.807) is 6.92 Å². The van der Waals surface area contributed by atoms with Crippen molar-refractivity contribution in [3.8, 4) is 0 Å². The Kier molecular flexibility index (Phi) is 13.5. The van der Waals surface area contributed by atoms with Crippen molar-refractivity contribution in [2.45, 2.75) is 98.2 Å². The maximum Gasteiger partial charge on any atom is 0.333 e. The lowest BCUT2D eigenvalue weighted by molar-refractivity contribution is -0.138. The Balaban J connectivity index is 5.44. The summed E-state index contributed by atoms with van der Waals surface area (Å²) in [5, 5.41) is 0. The van der Waals surface area contributed by atoms with Gasteiger partial charge in [0.2, 0.25) is 8.32 Å². The van der Waals surface area contributed by atoms with Crippen LogP contribution in [0, 0.1) is 0 Å². The average molecular weight is 555 g/mol. The van der Waals surface area contributed by atoms with Crippen LogP contribution in [0.3, 0.4) is 0 Å². The summed E-state index contributed by atoms with van der Waals surface area (Å²) in [7, 11) is -11.5. The van der Waals surface area contributed by atoms with Gasteiger partial charge in [-0.15, -0.1) is 0 Å². The third-order valence-electron chi connectivity index (χ3n) is 4.15. The monoisotopic (exact) mass is 554 g/mol. The molecule has 0 saturated heterocycles. The predicted molar refractivity (Wildman–Crippen MR) is 148 cm³/mol. The minimum Gasteiger partial charge on any atom is -0.462 e. The first kappa shape index (κ1) is 33.1. The minimum atomic E-state index is -2.69. The smallest absolute Gasteiger partial charge is 0.333 e. The second-order valence-electron chi connectivity index (χ2n) is 11.3. The van der Waals surface area contributed by atoms with Crippen LogP contribution >= 0.6 is 0 Å². The van der Waals surface area contributed by atoms with Crippen molar-refractivity contribution in [3.05, 3.63) is 12.2 Å². The molecule has 12 heteroatoms. The van der Waals surface area contributed by atoms with Gasteiger partial charge < -0.3 is 25.9 Å². The maximum atomic E-state index is 11.7. The van der Waals surface area contributed by atoms with E-state index in [9.17, 15) is 4.79 Å². The first-order valence-electron chi connectivity index (χ1n) is 11.9. The van der Waals surface area contributed by atoms with E-state index >= 15 is 0 Å². The number of carbonyl (C=O) groups is 1. The molecule has 33 heavy (non-hydrogen) atoms. The molecule has 0 N–H and O–H groups in total. The lowest BCUT2D eigenvalue weighted by Crippen LogP contribution is -2.60. The van der Waals surface area contributed by atoms with Gasteiger partial charge >= 0.3 is 31.7 Å². The second kappa shape index (κ2) is 13.4. The summed E-state index contributed by atoms with van der Waals surface area (Å²) >= 11 is 0. The lowest BCUT2D eigenvalue weighted by Gasteiger charge is -2.43. The molecule has 0 rings (SSSR count).